The van der Waals surface area contributed by atoms with Gasteiger partial charge < -0.3 is 18.9 Å². The molecule has 3 aromatic heterocycles. The van der Waals surface area contributed by atoms with Crippen LogP contribution < -0.4 is 5.32 Å². The van der Waals surface area contributed by atoms with Crippen LogP contribution in [0.4, 0.5) is 0 Å². The topological polar surface area (TPSA) is 59.8 Å². The van der Waals surface area contributed by atoms with E-state index in [0.717, 1.165) is 99.9 Å². The van der Waals surface area contributed by atoms with Gasteiger partial charge in [0, 0.05) is 60.1 Å². The zero-order chi connectivity index (χ0) is 45.2. The van der Waals surface area contributed by atoms with Crippen LogP contribution in [-0.2, 0) is 0 Å². The molecule has 69 heavy (non-hydrogen) atoms. The molecule has 0 aliphatic carbocycles. The van der Waals surface area contributed by atoms with E-state index in [1.165, 1.54) is 37.7 Å². The maximum atomic E-state index is 6.99. The highest BCUT2D eigenvalue weighted by Gasteiger charge is 2.28. The number of hydrogen-bond donors (Lipinski definition) is 1. The van der Waals surface area contributed by atoms with Gasteiger partial charge in [0.25, 0.3) is 0 Å². The van der Waals surface area contributed by atoms with Gasteiger partial charge in [-0.25, -0.2) is 9.98 Å². The molecule has 4 heterocycles. The minimum absolute atomic E-state index is 0.622. The van der Waals surface area contributed by atoms with Gasteiger partial charge in [0.05, 0.1) is 27.8 Å². The molecule has 14 aromatic rings. The van der Waals surface area contributed by atoms with E-state index >= 15 is 0 Å². The van der Waals surface area contributed by atoms with Crippen LogP contribution in [-0.4, -0.2) is 20.8 Å². The van der Waals surface area contributed by atoms with Crippen LogP contribution in [0.25, 0.3) is 109 Å². The first-order valence-corrected chi connectivity index (χ1v) is 23.5. The zero-order valence-corrected chi connectivity index (χ0v) is 37.1. The van der Waals surface area contributed by atoms with Gasteiger partial charge in [-0.2, -0.15) is 0 Å². The fourth-order valence-corrected chi connectivity index (χ4v) is 11.2. The van der Waals surface area contributed by atoms with Gasteiger partial charge in [0.1, 0.15) is 17.3 Å². The lowest BCUT2D eigenvalue weighted by Crippen LogP contribution is -2.36. The van der Waals surface area contributed by atoms with Crippen molar-refractivity contribution in [2.75, 3.05) is 0 Å². The SMILES string of the molecule is c1ccc(-n2c3ccccc3c3c(C4=NC(c5cc(-n6c7cc8ccccc8cc7c7ccc8ccccc8c76)c6oc7ccccc7c6c5)N=C(c5ccc6ccccc6c5)N4)cccc32)cc1. The molecule has 0 bridgehead atoms. The maximum Gasteiger partial charge on any atom is 0.169 e. The number of fused-ring (bicyclic) bond motifs is 13. The van der Waals surface area contributed by atoms with E-state index in [1.807, 2.05) is 6.07 Å². The molecule has 0 radical (unpaired) electrons. The van der Waals surface area contributed by atoms with Gasteiger partial charge in [0.2, 0.25) is 0 Å². The third-order valence-electron chi connectivity index (χ3n) is 14.3. The van der Waals surface area contributed by atoms with Crippen molar-refractivity contribution in [3.8, 4) is 11.4 Å². The molecule has 1 N–H and O–H groups in total. The Labute approximate surface area is 395 Å². The normalized spacial score (nSPS) is 14.2. The first-order chi connectivity index (χ1) is 34.2. The average Bonchev–Trinajstić information content (AvgIpc) is 4.08. The zero-order valence-electron chi connectivity index (χ0n) is 37.1. The largest absolute Gasteiger partial charge is 0.454 e. The summed E-state index contributed by atoms with van der Waals surface area (Å²) >= 11 is 0. The van der Waals surface area contributed by atoms with Gasteiger partial charge in [0.15, 0.2) is 11.7 Å². The van der Waals surface area contributed by atoms with Crippen LogP contribution in [0.15, 0.2) is 239 Å². The maximum absolute atomic E-state index is 6.99. The summed E-state index contributed by atoms with van der Waals surface area (Å²) in [7, 11) is 0. The minimum atomic E-state index is -0.622. The summed E-state index contributed by atoms with van der Waals surface area (Å²) in [6, 6.07) is 80.4. The van der Waals surface area contributed by atoms with Crippen LogP contribution >= 0.6 is 0 Å². The van der Waals surface area contributed by atoms with Crippen molar-refractivity contribution in [3.63, 3.8) is 0 Å². The van der Waals surface area contributed by atoms with E-state index in [4.69, 9.17) is 14.4 Å². The van der Waals surface area contributed by atoms with E-state index < -0.39 is 6.17 Å². The number of nitrogens with zero attached hydrogens (tertiary/aromatic N) is 4. The second kappa shape index (κ2) is 14.6. The van der Waals surface area contributed by atoms with Crippen molar-refractivity contribution in [2.45, 2.75) is 6.17 Å². The number of benzene rings is 11. The van der Waals surface area contributed by atoms with Crippen LogP contribution in [0, 0.1) is 0 Å². The fraction of sp³-hybridized carbons (Fsp3) is 0.0159. The second-order valence-electron chi connectivity index (χ2n) is 18.2. The molecular weight excluding hydrogens is 843 g/mol. The summed E-state index contributed by atoms with van der Waals surface area (Å²) in [5.41, 5.74) is 11.1. The molecule has 0 spiro atoms. The van der Waals surface area contributed by atoms with Gasteiger partial charge in [-0.1, -0.05) is 164 Å². The van der Waals surface area contributed by atoms with Crippen LogP contribution in [0.1, 0.15) is 22.9 Å². The molecule has 1 aliphatic heterocycles. The summed E-state index contributed by atoms with van der Waals surface area (Å²) in [4.78, 5) is 11.3. The minimum Gasteiger partial charge on any atom is -0.454 e. The van der Waals surface area contributed by atoms with Gasteiger partial charge in [-0.3, -0.25) is 0 Å². The van der Waals surface area contributed by atoms with Crippen molar-refractivity contribution in [1.82, 2.24) is 14.5 Å². The van der Waals surface area contributed by atoms with Crippen LogP contribution in [0.2, 0.25) is 0 Å². The van der Waals surface area contributed by atoms with Gasteiger partial charge in [-0.15, -0.1) is 0 Å². The molecule has 6 heteroatoms. The fourth-order valence-electron chi connectivity index (χ4n) is 11.2. The number of rotatable bonds is 5. The Kier molecular flexibility index (Phi) is 8.03. The highest BCUT2D eigenvalue weighted by atomic mass is 16.3. The van der Waals surface area contributed by atoms with Crippen molar-refractivity contribution < 1.29 is 4.42 Å². The third kappa shape index (κ3) is 5.73. The molecule has 15 rings (SSSR count). The molecule has 0 saturated heterocycles. The number of furan rings is 1. The average molecular weight is 882 g/mol. The standard InChI is InChI=1S/C63H39N5O/c1-2-20-45(21-3-1)67-53-26-12-10-24-49(53)58-50(25-14-27-54(58)67)63-65-61(43-30-29-38-15-4-5-17-40(38)33-43)64-62(66-63)44-35-52-47-23-11-13-28-57(47)69-60(52)56(37-44)68-55-36-42-19-7-6-18-41(42)34-51(55)48-32-31-39-16-8-9-22-46(39)59(48)68/h1-37,62H,(H,64,65,66). The summed E-state index contributed by atoms with van der Waals surface area (Å²) in [6.07, 6.45) is -0.622. The second-order valence-corrected chi connectivity index (χ2v) is 18.2. The summed E-state index contributed by atoms with van der Waals surface area (Å²) in [5.74, 6) is 1.51. The molecular formula is C63H39N5O. The molecule has 11 aromatic carbocycles. The Hall–Kier alpha value is -9.26. The molecule has 1 aliphatic rings. The molecule has 0 fully saturated rings. The van der Waals surface area contributed by atoms with E-state index in [0.29, 0.717) is 0 Å². The number of aromatic nitrogens is 2. The van der Waals surface area contributed by atoms with E-state index in [-0.39, 0.29) is 0 Å². The molecule has 6 nitrogen and oxygen atoms in total. The third-order valence-corrected chi connectivity index (χ3v) is 14.3. The lowest BCUT2D eigenvalue weighted by atomic mass is 10.0. The van der Waals surface area contributed by atoms with E-state index in [1.54, 1.807) is 0 Å². The van der Waals surface area contributed by atoms with Crippen molar-refractivity contribution in [1.29, 1.82) is 0 Å². The van der Waals surface area contributed by atoms with Crippen LogP contribution in [0.3, 0.4) is 0 Å². The monoisotopic (exact) mass is 881 g/mol. The van der Waals surface area contributed by atoms with Crippen LogP contribution in [0.5, 0.6) is 0 Å². The highest BCUT2D eigenvalue weighted by Crippen LogP contribution is 2.44. The van der Waals surface area contributed by atoms with Crippen molar-refractivity contribution >= 4 is 110 Å². The predicted octanol–water partition coefficient (Wildman–Crippen LogP) is 15.7. The molecule has 0 amide bonds. The van der Waals surface area contributed by atoms with E-state index in [9.17, 15) is 0 Å². The Bertz CT molecular complexity index is 4530. The van der Waals surface area contributed by atoms with Gasteiger partial charge in [-0.05, 0) is 87.6 Å². The Morgan fingerprint density at radius 2 is 1.07 bits per heavy atom. The summed E-state index contributed by atoms with van der Waals surface area (Å²) < 4.78 is 11.8. The smallest absolute Gasteiger partial charge is 0.169 e. The number of hydrogen-bond acceptors (Lipinski definition) is 4. The number of amidine groups is 2. The first-order valence-electron chi connectivity index (χ1n) is 23.5. The number of aliphatic imine (C=N–C) groups is 2. The first kappa shape index (κ1) is 37.9. The molecule has 0 saturated carbocycles. The summed E-state index contributed by atoms with van der Waals surface area (Å²) in [5, 5.41) is 17.6. The number of para-hydroxylation sites is 3. The number of nitrogens with one attached hydrogen (secondary N) is 1. The lowest BCUT2D eigenvalue weighted by Gasteiger charge is -2.24. The lowest BCUT2D eigenvalue weighted by molar-refractivity contribution is 0.665. The van der Waals surface area contributed by atoms with Gasteiger partial charge >= 0.3 is 0 Å². The highest BCUT2D eigenvalue weighted by molar-refractivity contribution is 6.25. The predicted molar refractivity (Wildman–Crippen MR) is 287 cm³/mol. The molecule has 322 valence electrons. The van der Waals surface area contributed by atoms with Crippen molar-refractivity contribution in [3.05, 3.63) is 241 Å². The quantitative estimate of drug-likeness (QED) is 0.187. The van der Waals surface area contributed by atoms with Crippen molar-refractivity contribution in [2.24, 2.45) is 9.98 Å². The molecule has 1 unspecified atom stereocenters. The van der Waals surface area contributed by atoms with E-state index in [2.05, 4.69) is 233 Å². The molecule has 1 atom stereocenters. The summed E-state index contributed by atoms with van der Waals surface area (Å²) in [6.45, 7) is 0. The Morgan fingerprint density at radius 3 is 1.93 bits per heavy atom. The Balaban J connectivity index is 1.03. The Morgan fingerprint density at radius 1 is 0.406 bits per heavy atom.